The lowest BCUT2D eigenvalue weighted by atomic mass is 9.94. The molecule has 0 amide bonds. The Hall–Kier alpha value is -2.45. The summed E-state index contributed by atoms with van der Waals surface area (Å²) in [6.07, 6.45) is 0.829. The van der Waals surface area contributed by atoms with Crippen molar-refractivity contribution in [3.63, 3.8) is 0 Å². The van der Waals surface area contributed by atoms with Crippen LogP contribution in [0.3, 0.4) is 0 Å². The number of nitrogens with zero attached hydrogens (tertiary/aromatic N) is 3. The van der Waals surface area contributed by atoms with E-state index in [1.54, 1.807) is 17.8 Å². The second-order valence-electron chi connectivity index (χ2n) is 7.71. The fourth-order valence-corrected chi connectivity index (χ4v) is 3.27. The van der Waals surface area contributed by atoms with Crippen molar-refractivity contribution in [2.45, 2.75) is 26.7 Å². The summed E-state index contributed by atoms with van der Waals surface area (Å²) in [5.41, 5.74) is 2.59. The van der Waals surface area contributed by atoms with Gasteiger partial charge in [0.15, 0.2) is 11.4 Å². The molecule has 0 bridgehead atoms. The van der Waals surface area contributed by atoms with Crippen LogP contribution in [0, 0.1) is 5.41 Å². The topological polar surface area (TPSA) is 89.6 Å². The van der Waals surface area contributed by atoms with Crippen LogP contribution >= 0.6 is 11.6 Å². The maximum atomic E-state index is 9.87. The van der Waals surface area contributed by atoms with E-state index >= 15 is 0 Å². The highest BCUT2D eigenvalue weighted by Gasteiger charge is 2.28. The number of imidazole rings is 1. The second kappa shape index (κ2) is 9.14. The number of pyridine rings is 1. The first-order valence-electron chi connectivity index (χ1n) is 9.49. The monoisotopic (exact) mass is 431 g/mol. The van der Waals surface area contributed by atoms with Gasteiger partial charge in [0.2, 0.25) is 0 Å². The zero-order valence-corrected chi connectivity index (χ0v) is 18.2. The molecule has 1 aromatic carbocycles. The van der Waals surface area contributed by atoms with E-state index in [1.165, 1.54) is 7.11 Å². The molecular formula is C22H26ClN3O4. The second-order valence-corrected chi connectivity index (χ2v) is 8.07. The number of methoxy groups -OCH3 is 1. The highest BCUT2D eigenvalue weighted by atomic mass is 35.5. The van der Waals surface area contributed by atoms with Crippen LogP contribution in [0.5, 0.6) is 5.75 Å². The maximum Gasteiger partial charge on any atom is 0.162 e. The van der Waals surface area contributed by atoms with Crippen LogP contribution in [0.15, 0.2) is 42.6 Å². The maximum absolute atomic E-state index is 9.87. The van der Waals surface area contributed by atoms with Crippen LogP contribution in [0.2, 0.25) is 5.15 Å². The predicted octanol–water partition coefficient (Wildman–Crippen LogP) is 3.66. The molecule has 160 valence electrons. The molecule has 0 aliphatic heterocycles. The number of aromatic nitrogens is 3. The van der Waals surface area contributed by atoms with E-state index in [9.17, 15) is 10.2 Å². The molecule has 2 N–H and O–H groups in total. The van der Waals surface area contributed by atoms with Crippen molar-refractivity contribution >= 4 is 11.6 Å². The van der Waals surface area contributed by atoms with Crippen molar-refractivity contribution in [1.29, 1.82) is 0 Å². The average molecular weight is 432 g/mol. The first-order chi connectivity index (χ1) is 14.3. The minimum absolute atomic E-state index is 0.177. The Morgan fingerprint density at radius 1 is 1.13 bits per heavy atom. The fraction of sp³-hybridized carbons (Fsp3) is 0.364. The number of halogens is 1. The van der Waals surface area contributed by atoms with Crippen LogP contribution < -0.4 is 4.74 Å². The van der Waals surface area contributed by atoms with Gasteiger partial charge in [-0.2, -0.15) is 0 Å². The van der Waals surface area contributed by atoms with E-state index in [2.05, 4.69) is 9.97 Å². The Kier molecular flexibility index (Phi) is 6.77. The van der Waals surface area contributed by atoms with Crippen LogP contribution in [0.25, 0.3) is 22.6 Å². The van der Waals surface area contributed by atoms with Crippen LogP contribution in [0.1, 0.15) is 19.5 Å². The highest BCUT2D eigenvalue weighted by Crippen LogP contribution is 2.28. The van der Waals surface area contributed by atoms with Crippen LogP contribution in [-0.2, 0) is 18.4 Å². The lowest BCUT2D eigenvalue weighted by Gasteiger charge is -2.28. The Morgan fingerprint density at radius 3 is 2.33 bits per heavy atom. The lowest BCUT2D eigenvalue weighted by molar-refractivity contribution is -0.155. The molecule has 0 saturated heterocycles. The quantitative estimate of drug-likeness (QED) is 0.529. The number of benzene rings is 1. The third kappa shape index (κ3) is 4.65. The number of rotatable bonds is 8. The SMILES string of the molecule is COC(O)C(C)(C)COc1ccc(-c2ccc(-c3nc(Cl)c(CO)n3C)cn2)cc1. The average Bonchev–Trinajstić information content (AvgIpc) is 3.05. The van der Waals surface area contributed by atoms with Gasteiger partial charge in [-0.25, -0.2) is 4.98 Å². The van der Waals surface area contributed by atoms with E-state index in [0.717, 1.165) is 16.8 Å². The summed E-state index contributed by atoms with van der Waals surface area (Å²) in [4.78, 5) is 8.84. The van der Waals surface area contributed by atoms with Crippen molar-refractivity contribution in [3.8, 4) is 28.4 Å². The van der Waals surface area contributed by atoms with Crippen molar-refractivity contribution in [1.82, 2.24) is 14.5 Å². The Labute approximate surface area is 180 Å². The Morgan fingerprint density at radius 2 is 1.80 bits per heavy atom. The lowest BCUT2D eigenvalue weighted by Crippen LogP contribution is -2.36. The standard InChI is InChI=1S/C22H26ClN3O4/c1-22(2,21(28)29-4)13-30-16-8-5-14(6-9-16)17-10-7-15(11-24-17)20-25-19(23)18(12-27)26(20)3/h5-11,21,27-28H,12-13H2,1-4H3. The number of hydrogen-bond donors (Lipinski definition) is 2. The number of ether oxygens (including phenoxy) is 2. The third-order valence-corrected chi connectivity index (χ3v) is 5.29. The minimum atomic E-state index is -0.901. The molecule has 0 saturated carbocycles. The third-order valence-electron chi connectivity index (χ3n) is 4.99. The van der Waals surface area contributed by atoms with Crippen molar-refractivity contribution in [3.05, 3.63) is 53.4 Å². The van der Waals surface area contributed by atoms with Gasteiger partial charge in [0, 0.05) is 36.9 Å². The van der Waals surface area contributed by atoms with Gasteiger partial charge in [-0.1, -0.05) is 25.4 Å². The molecule has 0 fully saturated rings. The van der Waals surface area contributed by atoms with E-state index in [0.29, 0.717) is 23.9 Å². The van der Waals surface area contributed by atoms with Crippen molar-refractivity contribution in [2.75, 3.05) is 13.7 Å². The molecular weight excluding hydrogens is 406 g/mol. The van der Waals surface area contributed by atoms with Crippen molar-refractivity contribution < 1.29 is 19.7 Å². The zero-order chi connectivity index (χ0) is 21.9. The minimum Gasteiger partial charge on any atom is -0.493 e. The molecule has 3 aromatic rings. The molecule has 1 atom stereocenters. The number of aliphatic hydroxyl groups excluding tert-OH is 2. The smallest absolute Gasteiger partial charge is 0.162 e. The molecule has 0 radical (unpaired) electrons. The molecule has 30 heavy (non-hydrogen) atoms. The molecule has 8 heteroatoms. The van der Waals surface area contributed by atoms with E-state index in [-0.39, 0.29) is 11.8 Å². The summed E-state index contributed by atoms with van der Waals surface area (Å²) >= 11 is 6.08. The molecule has 1 unspecified atom stereocenters. The molecule has 0 aliphatic carbocycles. The zero-order valence-electron chi connectivity index (χ0n) is 17.5. The largest absolute Gasteiger partial charge is 0.493 e. The van der Waals surface area contributed by atoms with Gasteiger partial charge in [0.1, 0.15) is 11.6 Å². The molecule has 0 spiro atoms. The normalized spacial score (nSPS) is 12.8. The van der Waals surface area contributed by atoms with E-state index in [1.807, 2.05) is 50.2 Å². The number of hydrogen-bond acceptors (Lipinski definition) is 6. The highest BCUT2D eigenvalue weighted by molar-refractivity contribution is 6.30. The molecule has 2 aromatic heterocycles. The van der Waals surface area contributed by atoms with Crippen molar-refractivity contribution in [2.24, 2.45) is 12.5 Å². The van der Waals surface area contributed by atoms with Crippen LogP contribution in [0.4, 0.5) is 0 Å². The van der Waals surface area contributed by atoms with Gasteiger partial charge in [-0.15, -0.1) is 0 Å². The first-order valence-corrected chi connectivity index (χ1v) is 9.87. The van der Waals surface area contributed by atoms with Gasteiger partial charge >= 0.3 is 0 Å². The predicted molar refractivity (Wildman–Crippen MR) is 115 cm³/mol. The van der Waals surface area contributed by atoms with Gasteiger partial charge < -0.3 is 24.3 Å². The summed E-state index contributed by atoms with van der Waals surface area (Å²) in [5, 5.41) is 19.6. The summed E-state index contributed by atoms with van der Waals surface area (Å²) in [6.45, 7) is 3.89. The van der Waals surface area contributed by atoms with Gasteiger partial charge in [0.25, 0.3) is 0 Å². The first kappa shape index (κ1) is 22.2. The molecule has 0 aliphatic rings. The molecule has 3 rings (SSSR count). The summed E-state index contributed by atoms with van der Waals surface area (Å²) < 4.78 is 12.5. The Bertz CT molecular complexity index is 985. The van der Waals surface area contributed by atoms with E-state index in [4.69, 9.17) is 21.1 Å². The van der Waals surface area contributed by atoms with Gasteiger partial charge in [0.05, 0.1) is 24.6 Å². The Balaban J connectivity index is 1.71. The summed E-state index contributed by atoms with van der Waals surface area (Å²) in [7, 11) is 3.27. The fourth-order valence-electron chi connectivity index (χ4n) is 3.01. The van der Waals surface area contributed by atoms with Gasteiger partial charge in [-0.3, -0.25) is 4.98 Å². The summed E-state index contributed by atoms with van der Waals surface area (Å²) in [6, 6.07) is 11.4. The molecule has 2 heterocycles. The van der Waals surface area contributed by atoms with Gasteiger partial charge in [-0.05, 0) is 36.4 Å². The number of aliphatic hydroxyl groups is 2. The summed E-state index contributed by atoms with van der Waals surface area (Å²) in [5.74, 6) is 1.35. The van der Waals surface area contributed by atoms with E-state index < -0.39 is 11.7 Å². The van der Waals surface area contributed by atoms with Crippen LogP contribution in [-0.4, -0.2) is 44.8 Å². The molecule has 7 nitrogen and oxygen atoms in total.